The quantitative estimate of drug-likeness (QED) is 0.0262. The molecule has 0 bridgehead atoms. The molecular weight excluding hydrogens is 877 g/mol. The molecule has 0 heterocycles. The molecule has 6 heteroatoms. The van der Waals surface area contributed by atoms with Crippen molar-refractivity contribution in [3.63, 3.8) is 0 Å². The molecule has 400 valence electrons. The fraction of sp³-hybridized carbons (Fsp3) is 0.615. The molecule has 0 rings (SSSR count). The van der Waals surface area contributed by atoms with E-state index >= 15 is 0 Å². The van der Waals surface area contributed by atoms with E-state index in [1.165, 1.54) is 38.5 Å². The van der Waals surface area contributed by atoms with Gasteiger partial charge >= 0.3 is 17.9 Å². The van der Waals surface area contributed by atoms with Gasteiger partial charge in [0.15, 0.2) is 6.10 Å². The molecule has 1 atom stereocenters. The Bertz CT molecular complexity index is 1550. The van der Waals surface area contributed by atoms with Gasteiger partial charge in [-0.05, 0) is 116 Å². The summed E-state index contributed by atoms with van der Waals surface area (Å²) in [6, 6.07) is 0. The number of hydrogen-bond acceptors (Lipinski definition) is 6. The van der Waals surface area contributed by atoms with E-state index in [9.17, 15) is 14.4 Å². The molecule has 0 saturated heterocycles. The van der Waals surface area contributed by atoms with Crippen LogP contribution < -0.4 is 0 Å². The lowest BCUT2D eigenvalue weighted by molar-refractivity contribution is -0.167. The van der Waals surface area contributed by atoms with Crippen molar-refractivity contribution < 1.29 is 28.6 Å². The molecule has 0 aliphatic carbocycles. The minimum atomic E-state index is -0.793. The summed E-state index contributed by atoms with van der Waals surface area (Å²) in [6.07, 6.45) is 81.9. The van der Waals surface area contributed by atoms with Gasteiger partial charge in [-0.2, -0.15) is 0 Å². The normalized spacial score (nSPS) is 13.1. The topological polar surface area (TPSA) is 78.9 Å². The summed E-state index contributed by atoms with van der Waals surface area (Å²) in [4.78, 5) is 37.8. The number of ether oxygens (including phenoxy) is 3. The van der Waals surface area contributed by atoms with E-state index in [1.54, 1.807) is 0 Å². The highest BCUT2D eigenvalue weighted by Gasteiger charge is 2.19. The fourth-order valence-electron chi connectivity index (χ4n) is 7.33. The molecule has 0 N–H and O–H groups in total. The van der Waals surface area contributed by atoms with Crippen LogP contribution in [0.25, 0.3) is 0 Å². The van der Waals surface area contributed by atoms with Crippen LogP contribution in [0.1, 0.15) is 239 Å². The highest BCUT2D eigenvalue weighted by Crippen LogP contribution is 2.13. The lowest BCUT2D eigenvalue weighted by Crippen LogP contribution is -2.30. The Hall–Kier alpha value is -4.45. The molecule has 0 amide bonds. The minimum Gasteiger partial charge on any atom is -0.462 e. The summed E-state index contributed by atoms with van der Waals surface area (Å²) >= 11 is 0. The van der Waals surface area contributed by atoms with Crippen molar-refractivity contribution in [2.45, 2.75) is 245 Å². The van der Waals surface area contributed by atoms with E-state index in [4.69, 9.17) is 14.2 Å². The van der Waals surface area contributed by atoms with Gasteiger partial charge in [-0.1, -0.05) is 238 Å². The fourth-order valence-corrected chi connectivity index (χ4v) is 7.33. The third-order valence-electron chi connectivity index (χ3n) is 11.6. The molecule has 0 aromatic rings. The number of esters is 3. The van der Waals surface area contributed by atoms with Gasteiger partial charge in [-0.3, -0.25) is 14.4 Å². The van der Waals surface area contributed by atoms with Gasteiger partial charge in [0.1, 0.15) is 13.2 Å². The van der Waals surface area contributed by atoms with Crippen molar-refractivity contribution in [1.82, 2.24) is 0 Å². The van der Waals surface area contributed by atoms with Crippen LogP contribution in [0.4, 0.5) is 0 Å². The number of allylic oxidation sites excluding steroid dienone is 22. The van der Waals surface area contributed by atoms with Gasteiger partial charge in [-0.25, -0.2) is 0 Å². The third kappa shape index (κ3) is 56.3. The molecule has 0 aromatic heterocycles. The van der Waals surface area contributed by atoms with Crippen LogP contribution in [0, 0.1) is 0 Å². The van der Waals surface area contributed by atoms with Gasteiger partial charge in [0.05, 0.1) is 0 Å². The first kappa shape index (κ1) is 66.6. The van der Waals surface area contributed by atoms with Gasteiger partial charge in [-0.15, -0.1) is 0 Å². The number of carbonyl (C=O) groups is 3. The summed E-state index contributed by atoms with van der Waals surface area (Å²) < 4.78 is 16.7. The molecular formula is C65H104O6. The van der Waals surface area contributed by atoms with E-state index in [2.05, 4.69) is 154 Å². The summed E-state index contributed by atoms with van der Waals surface area (Å²) in [5, 5.41) is 0. The number of unbranched alkanes of at least 4 members (excludes halogenated alkanes) is 17. The standard InChI is InChI=1S/C65H104O6/c1-4-7-10-13-16-18-20-22-24-25-26-27-28-29-30-31-32-33-34-35-36-37-38-39-40-41-42-44-45-47-49-52-55-58-64(67)70-61-62(60-69-63(66)57-54-51-15-12-9-6-3)71-65(68)59-56-53-50-48-46-43-23-21-19-17-14-11-8-5-2/h7,10,14,16-18,21-24,26-27,29-30,32-33,35-36,38-39,41-42,62H,4-6,8-9,11-13,15,19-20,25,28,31,34,37,40,43-61H2,1-3H3/b10-7-,17-14-,18-16-,23-21-,24-22-,27-26-,30-29-,33-32-,36-35-,39-38-,42-41-. The zero-order valence-electron chi connectivity index (χ0n) is 45.7. The molecule has 0 aromatic carbocycles. The number of carbonyl (C=O) groups excluding carboxylic acids is 3. The van der Waals surface area contributed by atoms with Crippen LogP contribution in [-0.2, 0) is 28.6 Å². The van der Waals surface area contributed by atoms with Crippen LogP contribution in [0.2, 0.25) is 0 Å². The smallest absolute Gasteiger partial charge is 0.306 e. The maximum atomic E-state index is 12.7. The molecule has 0 spiro atoms. The van der Waals surface area contributed by atoms with Crippen molar-refractivity contribution in [2.24, 2.45) is 0 Å². The molecule has 0 aliphatic heterocycles. The third-order valence-corrected chi connectivity index (χ3v) is 11.6. The van der Waals surface area contributed by atoms with Crippen molar-refractivity contribution in [2.75, 3.05) is 13.2 Å². The first-order valence-electron chi connectivity index (χ1n) is 28.7. The Morgan fingerprint density at radius 2 is 0.563 bits per heavy atom. The van der Waals surface area contributed by atoms with Crippen molar-refractivity contribution in [3.05, 3.63) is 134 Å². The summed E-state index contributed by atoms with van der Waals surface area (Å²) in [7, 11) is 0. The molecule has 0 aliphatic rings. The van der Waals surface area contributed by atoms with E-state index in [1.807, 2.05) is 0 Å². The Labute approximate surface area is 436 Å². The van der Waals surface area contributed by atoms with Gasteiger partial charge in [0.2, 0.25) is 0 Å². The molecule has 6 nitrogen and oxygen atoms in total. The van der Waals surface area contributed by atoms with Gasteiger partial charge in [0, 0.05) is 19.3 Å². The Morgan fingerprint density at radius 1 is 0.296 bits per heavy atom. The zero-order valence-corrected chi connectivity index (χ0v) is 45.7. The van der Waals surface area contributed by atoms with Gasteiger partial charge < -0.3 is 14.2 Å². The summed E-state index contributed by atoms with van der Waals surface area (Å²) in [5.41, 5.74) is 0. The van der Waals surface area contributed by atoms with E-state index < -0.39 is 6.10 Å². The minimum absolute atomic E-state index is 0.0931. The maximum Gasteiger partial charge on any atom is 0.306 e. The molecule has 1 unspecified atom stereocenters. The molecule has 0 radical (unpaired) electrons. The predicted octanol–water partition coefficient (Wildman–Crippen LogP) is 19.4. The van der Waals surface area contributed by atoms with Crippen LogP contribution in [0.3, 0.4) is 0 Å². The second-order valence-corrected chi connectivity index (χ2v) is 18.5. The lowest BCUT2D eigenvalue weighted by Gasteiger charge is -2.18. The van der Waals surface area contributed by atoms with Crippen LogP contribution >= 0.6 is 0 Å². The average Bonchev–Trinajstić information content (AvgIpc) is 3.37. The summed E-state index contributed by atoms with van der Waals surface area (Å²) in [6.45, 7) is 6.38. The highest BCUT2D eigenvalue weighted by molar-refractivity contribution is 5.71. The van der Waals surface area contributed by atoms with Crippen LogP contribution in [-0.4, -0.2) is 37.2 Å². The highest BCUT2D eigenvalue weighted by atomic mass is 16.6. The maximum absolute atomic E-state index is 12.7. The number of hydrogen-bond donors (Lipinski definition) is 0. The molecule has 0 saturated carbocycles. The average molecular weight is 982 g/mol. The van der Waals surface area contributed by atoms with Crippen molar-refractivity contribution in [3.8, 4) is 0 Å². The molecule has 71 heavy (non-hydrogen) atoms. The second-order valence-electron chi connectivity index (χ2n) is 18.5. The lowest BCUT2D eigenvalue weighted by atomic mass is 10.1. The van der Waals surface area contributed by atoms with Crippen molar-refractivity contribution >= 4 is 17.9 Å². The largest absolute Gasteiger partial charge is 0.462 e. The SMILES string of the molecule is CC/C=C\C/C=C\C/C=C\C/C=C\C/C=C\C/C=C\C/C=C\C/C=C\C/C=C\CCCCCCCC(=O)OCC(COC(=O)CCCCCCCC)OC(=O)CCCCCCC/C=C\C/C=C\CCCC. The Kier molecular flexibility index (Phi) is 54.5. The summed E-state index contributed by atoms with van der Waals surface area (Å²) in [5.74, 6) is -0.944. The van der Waals surface area contributed by atoms with Crippen LogP contribution in [0.5, 0.6) is 0 Å². The number of rotatable bonds is 50. The predicted molar refractivity (Wildman–Crippen MR) is 306 cm³/mol. The van der Waals surface area contributed by atoms with E-state index in [-0.39, 0.29) is 31.1 Å². The van der Waals surface area contributed by atoms with Gasteiger partial charge in [0.25, 0.3) is 0 Å². The first-order chi connectivity index (χ1) is 35.0. The zero-order chi connectivity index (χ0) is 51.4. The van der Waals surface area contributed by atoms with E-state index in [0.29, 0.717) is 19.3 Å². The molecule has 0 fully saturated rings. The van der Waals surface area contributed by atoms with E-state index in [0.717, 1.165) is 161 Å². The Balaban J connectivity index is 4.17. The first-order valence-corrected chi connectivity index (χ1v) is 28.7. The monoisotopic (exact) mass is 981 g/mol. The second kappa shape index (κ2) is 58.1. The van der Waals surface area contributed by atoms with Crippen molar-refractivity contribution in [1.29, 1.82) is 0 Å². The van der Waals surface area contributed by atoms with Crippen LogP contribution in [0.15, 0.2) is 134 Å². The Morgan fingerprint density at radius 3 is 0.901 bits per heavy atom.